The van der Waals surface area contributed by atoms with Crippen LogP contribution in [0.4, 0.5) is 18.0 Å². The van der Waals surface area contributed by atoms with Crippen molar-refractivity contribution >= 4 is 6.09 Å². The third-order valence-electron chi connectivity index (χ3n) is 4.39. The van der Waals surface area contributed by atoms with Crippen molar-refractivity contribution in [3.8, 4) is 11.3 Å². The molecular weight excluding hydrogens is 347 g/mol. The largest absolute Gasteiger partial charge is 0.449 e. The maximum atomic E-state index is 12.8. The Hall–Kier alpha value is -2.51. The molecule has 0 atom stereocenters. The molecule has 0 fully saturated rings. The average molecular weight is 367 g/mol. The number of benzene rings is 1. The Morgan fingerprint density at radius 2 is 1.92 bits per heavy atom. The molecule has 0 saturated carbocycles. The molecular formula is C18H20F3N3O2. The zero-order valence-corrected chi connectivity index (χ0v) is 14.6. The summed E-state index contributed by atoms with van der Waals surface area (Å²) in [6, 6.07) is 4.98. The monoisotopic (exact) mass is 367 g/mol. The van der Waals surface area contributed by atoms with Gasteiger partial charge in [-0.25, -0.2) is 4.79 Å². The van der Waals surface area contributed by atoms with Crippen LogP contribution in [0.25, 0.3) is 11.3 Å². The second-order valence-electron chi connectivity index (χ2n) is 6.30. The fraction of sp³-hybridized carbons (Fsp3) is 0.444. The Balaban J connectivity index is 1.80. The summed E-state index contributed by atoms with van der Waals surface area (Å²) in [5.74, 6) is 0. The predicted octanol–water partition coefficient (Wildman–Crippen LogP) is 4.36. The topological polar surface area (TPSA) is 47.4 Å². The first kappa shape index (κ1) is 18.3. The van der Waals surface area contributed by atoms with E-state index in [1.807, 2.05) is 6.92 Å². The molecule has 2 aromatic rings. The van der Waals surface area contributed by atoms with E-state index in [1.54, 1.807) is 16.6 Å². The van der Waals surface area contributed by atoms with Gasteiger partial charge in [0.1, 0.15) is 0 Å². The van der Waals surface area contributed by atoms with Crippen LogP contribution in [-0.4, -0.2) is 27.4 Å². The molecule has 1 aromatic heterocycles. The number of ether oxygens (including phenoxy) is 1. The van der Waals surface area contributed by atoms with Gasteiger partial charge in [-0.2, -0.15) is 18.3 Å². The van der Waals surface area contributed by atoms with Gasteiger partial charge in [-0.05, 0) is 18.6 Å². The summed E-state index contributed by atoms with van der Waals surface area (Å²) in [5, 5.41) is 4.41. The molecule has 0 radical (unpaired) electrons. The van der Waals surface area contributed by atoms with Crippen molar-refractivity contribution in [2.24, 2.45) is 7.05 Å². The molecule has 0 spiro atoms. The van der Waals surface area contributed by atoms with Crippen LogP contribution in [0, 0.1) is 0 Å². The Morgan fingerprint density at radius 1 is 1.23 bits per heavy atom. The lowest BCUT2D eigenvalue weighted by molar-refractivity contribution is -0.137. The molecule has 1 aliphatic rings. The average Bonchev–Trinajstić information content (AvgIpc) is 3.11. The lowest BCUT2D eigenvalue weighted by Crippen LogP contribution is -2.27. The van der Waals surface area contributed by atoms with E-state index < -0.39 is 17.8 Å². The number of aryl methyl sites for hydroxylation is 1. The van der Waals surface area contributed by atoms with Gasteiger partial charge >= 0.3 is 12.3 Å². The third kappa shape index (κ3) is 3.54. The number of aromatic nitrogens is 2. The normalized spacial score (nSPS) is 13.8. The molecule has 1 amide bonds. The fourth-order valence-electron chi connectivity index (χ4n) is 3.05. The van der Waals surface area contributed by atoms with Gasteiger partial charge in [-0.15, -0.1) is 0 Å². The molecule has 0 N–H and O–H groups in total. The van der Waals surface area contributed by atoms with Crippen LogP contribution in [0.3, 0.4) is 0 Å². The molecule has 0 bridgehead atoms. The van der Waals surface area contributed by atoms with Gasteiger partial charge in [0.05, 0.1) is 36.6 Å². The van der Waals surface area contributed by atoms with Gasteiger partial charge in [-0.3, -0.25) is 9.58 Å². The highest BCUT2D eigenvalue weighted by molar-refractivity contribution is 5.72. The lowest BCUT2D eigenvalue weighted by Gasteiger charge is -2.16. The zero-order chi connectivity index (χ0) is 18.9. The summed E-state index contributed by atoms with van der Waals surface area (Å²) >= 11 is 0. The number of carbonyl (C=O) groups excluding carboxylic acids is 1. The summed E-state index contributed by atoms with van der Waals surface area (Å²) < 4.78 is 45.1. The van der Waals surface area contributed by atoms with Gasteiger partial charge in [0.25, 0.3) is 0 Å². The molecule has 5 nitrogen and oxygen atoms in total. The zero-order valence-electron chi connectivity index (χ0n) is 14.6. The van der Waals surface area contributed by atoms with Crippen LogP contribution >= 0.6 is 0 Å². The van der Waals surface area contributed by atoms with E-state index in [9.17, 15) is 18.0 Å². The fourth-order valence-corrected chi connectivity index (χ4v) is 3.05. The highest BCUT2D eigenvalue weighted by Crippen LogP contribution is 2.35. The van der Waals surface area contributed by atoms with E-state index in [1.165, 1.54) is 12.1 Å². The van der Waals surface area contributed by atoms with E-state index in [-0.39, 0.29) is 0 Å². The van der Waals surface area contributed by atoms with Crippen LogP contribution in [0.15, 0.2) is 24.3 Å². The van der Waals surface area contributed by atoms with E-state index >= 15 is 0 Å². The second kappa shape index (κ2) is 7.01. The summed E-state index contributed by atoms with van der Waals surface area (Å²) in [4.78, 5) is 13.7. The summed E-state index contributed by atoms with van der Waals surface area (Å²) in [6.45, 7) is 3.07. The number of rotatable bonds is 4. The summed E-state index contributed by atoms with van der Waals surface area (Å²) in [7, 11) is 1.75. The lowest BCUT2D eigenvalue weighted by atomic mass is 10.0. The summed E-state index contributed by atoms with van der Waals surface area (Å²) in [5.41, 5.74) is 2.25. The van der Waals surface area contributed by atoms with Crippen molar-refractivity contribution in [3.05, 3.63) is 41.1 Å². The first-order valence-electron chi connectivity index (χ1n) is 8.45. The Bertz CT molecular complexity index is 797. The van der Waals surface area contributed by atoms with Gasteiger partial charge in [0.15, 0.2) is 0 Å². The van der Waals surface area contributed by atoms with E-state index in [2.05, 4.69) is 5.10 Å². The van der Waals surface area contributed by atoms with Crippen LogP contribution in [0.1, 0.15) is 36.6 Å². The Kier molecular flexibility index (Phi) is 4.93. The SMILES string of the molecule is CCCCOC(=O)N1Cc2nn(C)c(-c3ccc(C(F)(F)F)cc3)c2C1. The number of amides is 1. The number of unbranched alkanes of at least 4 members (excludes halogenated alkanes) is 1. The molecule has 1 aliphatic heterocycles. The van der Waals surface area contributed by atoms with Gasteiger partial charge < -0.3 is 4.74 Å². The molecule has 0 saturated heterocycles. The minimum Gasteiger partial charge on any atom is -0.449 e. The van der Waals surface area contributed by atoms with Gasteiger partial charge in [0, 0.05) is 18.2 Å². The van der Waals surface area contributed by atoms with Crippen LogP contribution in [0.2, 0.25) is 0 Å². The molecule has 26 heavy (non-hydrogen) atoms. The van der Waals surface area contributed by atoms with E-state index in [0.717, 1.165) is 41.9 Å². The van der Waals surface area contributed by atoms with Crippen molar-refractivity contribution in [3.63, 3.8) is 0 Å². The first-order chi connectivity index (χ1) is 12.3. The molecule has 2 heterocycles. The minimum absolute atomic E-state index is 0.338. The maximum Gasteiger partial charge on any atom is 0.416 e. The van der Waals surface area contributed by atoms with Crippen LogP contribution in [-0.2, 0) is 31.1 Å². The molecule has 0 unspecified atom stereocenters. The molecule has 0 aliphatic carbocycles. The quantitative estimate of drug-likeness (QED) is 0.755. The number of nitrogens with zero attached hydrogens (tertiary/aromatic N) is 3. The molecule has 8 heteroatoms. The Labute approximate surface area is 149 Å². The van der Waals surface area contributed by atoms with E-state index in [4.69, 9.17) is 4.74 Å². The minimum atomic E-state index is -4.37. The van der Waals surface area contributed by atoms with Crippen molar-refractivity contribution in [1.82, 2.24) is 14.7 Å². The molecule has 3 rings (SSSR count). The van der Waals surface area contributed by atoms with Crippen molar-refractivity contribution in [2.45, 2.75) is 39.0 Å². The standard InChI is InChI=1S/C18H20F3N3O2/c1-3-4-9-26-17(25)24-10-14-15(11-24)22-23(2)16(14)12-5-7-13(8-6-12)18(19,20)21/h5-8H,3-4,9-11H2,1-2H3. The van der Waals surface area contributed by atoms with Crippen molar-refractivity contribution < 1.29 is 22.7 Å². The van der Waals surface area contributed by atoms with Crippen LogP contribution in [0.5, 0.6) is 0 Å². The Morgan fingerprint density at radius 3 is 2.54 bits per heavy atom. The second-order valence-corrected chi connectivity index (χ2v) is 6.30. The van der Waals surface area contributed by atoms with Crippen molar-refractivity contribution in [1.29, 1.82) is 0 Å². The highest BCUT2D eigenvalue weighted by Gasteiger charge is 2.32. The highest BCUT2D eigenvalue weighted by atomic mass is 19.4. The number of halogens is 3. The summed E-state index contributed by atoms with van der Waals surface area (Å²) in [6.07, 6.45) is -3.01. The predicted molar refractivity (Wildman–Crippen MR) is 89.1 cm³/mol. The number of fused-ring (bicyclic) bond motifs is 1. The van der Waals surface area contributed by atoms with Gasteiger partial charge in [-0.1, -0.05) is 25.5 Å². The third-order valence-corrected chi connectivity index (χ3v) is 4.39. The number of hydrogen-bond acceptors (Lipinski definition) is 3. The number of alkyl halides is 3. The van der Waals surface area contributed by atoms with Crippen molar-refractivity contribution in [2.75, 3.05) is 6.61 Å². The number of carbonyl (C=O) groups is 1. The smallest absolute Gasteiger partial charge is 0.416 e. The molecule has 1 aromatic carbocycles. The molecule has 140 valence electrons. The van der Waals surface area contributed by atoms with E-state index in [0.29, 0.717) is 25.3 Å². The maximum absolute atomic E-state index is 12.8. The number of hydrogen-bond donors (Lipinski definition) is 0. The van der Waals surface area contributed by atoms with Crippen LogP contribution < -0.4 is 0 Å². The first-order valence-corrected chi connectivity index (χ1v) is 8.45. The van der Waals surface area contributed by atoms with Gasteiger partial charge in [0.2, 0.25) is 0 Å².